The largest absolute Gasteiger partial charge is 0.411 e. The van der Waals surface area contributed by atoms with Crippen LogP contribution < -0.4 is 5.32 Å². The zero-order valence-electron chi connectivity index (χ0n) is 9.55. The van der Waals surface area contributed by atoms with Crippen molar-refractivity contribution in [1.29, 1.82) is 0 Å². The average Bonchev–Trinajstić information content (AvgIpc) is 2.08. The van der Waals surface area contributed by atoms with Crippen LogP contribution in [-0.2, 0) is 0 Å². The Labute approximate surface area is 88.8 Å². The third kappa shape index (κ3) is 12.1. The fraction of sp³-hybridized carbons (Fsp3) is 1.00. The van der Waals surface area contributed by atoms with E-state index in [1.165, 1.54) is 25.7 Å². The van der Waals surface area contributed by atoms with Gasteiger partial charge in [-0.1, -0.05) is 32.1 Å². The van der Waals surface area contributed by atoms with Crippen LogP contribution >= 0.6 is 0 Å². The molecule has 0 saturated heterocycles. The quantitative estimate of drug-likeness (QED) is 0.408. The topological polar surface area (TPSA) is 52.5 Å². The Hall–Kier alpha value is 0.0969. The lowest BCUT2D eigenvalue weighted by Crippen LogP contribution is -2.29. The molecular weight excluding hydrogens is 194 g/mol. The molecule has 0 atom stereocenters. The number of hydrogen-bond donors (Lipinski definition) is 3. The van der Waals surface area contributed by atoms with Crippen molar-refractivity contribution >= 4 is 8.56 Å². The number of rotatable bonds is 9. The van der Waals surface area contributed by atoms with Crippen molar-refractivity contribution in [2.24, 2.45) is 0 Å². The Kier molecular flexibility index (Phi) is 8.47. The van der Waals surface area contributed by atoms with Crippen LogP contribution in [-0.4, -0.2) is 31.7 Å². The van der Waals surface area contributed by atoms with Gasteiger partial charge in [0.05, 0.1) is 0 Å². The highest BCUT2D eigenvalue weighted by Crippen LogP contribution is 2.11. The van der Waals surface area contributed by atoms with Crippen LogP contribution in [0.2, 0.25) is 12.6 Å². The minimum atomic E-state index is -2.75. The molecule has 0 radical (unpaired) electrons. The molecular formula is C10H25NO2Si. The van der Waals surface area contributed by atoms with E-state index in [0.717, 1.165) is 19.4 Å². The summed E-state index contributed by atoms with van der Waals surface area (Å²) in [5.41, 5.74) is 0. The molecule has 0 aromatic carbocycles. The molecule has 0 heterocycles. The normalized spacial score (nSPS) is 12.0. The predicted octanol–water partition coefficient (Wildman–Crippen LogP) is 1.60. The van der Waals surface area contributed by atoms with E-state index < -0.39 is 8.56 Å². The molecule has 86 valence electrons. The van der Waals surface area contributed by atoms with Crippen LogP contribution in [0.5, 0.6) is 0 Å². The molecule has 0 aliphatic carbocycles. The summed E-state index contributed by atoms with van der Waals surface area (Å²) in [4.78, 5) is 18.4. The minimum absolute atomic E-state index is 0.628. The SMILES string of the molecule is CNCCCCCCCC[Si](C)(O)O. The van der Waals surface area contributed by atoms with Crippen LogP contribution in [0.15, 0.2) is 0 Å². The van der Waals surface area contributed by atoms with Gasteiger partial charge >= 0.3 is 8.56 Å². The lowest BCUT2D eigenvalue weighted by Gasteiger charge is -2.10. The fourth-order valence-electron chi connectivity index (χ4n) is 1.47. The van der Waals surface area contributed by atoms with Crippen LogP contribution in [0.3, 0.4) is 0 Å². The molecule has 0 aromatic heterocycles. The maximum Gasteiger partial charge on any atom is 0.329 e. The summed E-state index contributed by atoms with van der Waals surface area (Å²) in [6, 6.07) is 0.628. The number of nitrogens with one attached hydrogen (secondary N) is 1. The van der Waals surface area contributed by atoms with Gasteiger partial charge in [0.25, 0.3) is 0 Å². The number of hydrogen-bond acceptors (Lipinski definition) is 3. The van der Waals surface area contributed by atoms with E-state index in [4.69, 9.17) is 0 Å². The molecule has 14 heavy (non-hydrogen) atoms. The standard InChI is InChI=1S/C10H25NO2Si/c1-11-9-7-5-3-4-6-8-10-14(2,12)13/h11-13H,3-10H2,1-2H3. The maximum absolute atomic E-state index is 9.18. The fourth-order valence-corrected chi connectivity index (χ4v) is 2.39. The second kappa shape index (κ2) is 8.41. The predicted molar refractivity (Wildman–Crippen MR) is 62.5 cm³/mol. The van der Waals surface area contributed by atoms with Gasteiger partial charge in [0.1, 0.15) is 0 Å². The molecule has 0 aliphatic heterocycles. The Morgan fingerprint density at radius 1 is 0.929 bits per heavy atom. The average molecular weight is 219 g/mol. The first kappa shape index (κ1) is 14.1. The molecule has 0 saturated carbocycles. The Morgan fingerprint density at radius 3 is 1.93 bits per heavy atom. The third-order valence-electron chi connectivity index (χ3n) is 2.33. The second-order valence-corrected chi connectivity index (χ2v) is 7.13. The van der Waals surface area contributed by atoms with Crippen LogP contribution in [0.25, 0.3) is 0 Å². The monoisotopic (exact) mass is 219 g/mol. The van der Waals surface area contributed by atoms with E-state index in [9.17, 15) is 9.59 Å². The summed E-state index contributed by atoms with van der Waals surface area (Å²) >= 11 is 0. The van der Waals surface area contributed by atoms with E-state index in [1.807, 2.05) is 7.05 Å². The smallest absolute Gasteiger partial charge is 0.329 e. The van der Waals surface area contributed by atoms with Gasteiger partial charge in [-0.05, 0) is 32.6 Å². The van der Waals surface area contributed by atoms with Crippen molar-refractivity contribution < 1.29 is 9.59 Å². The third-order valence-corrected chi connectivity index (χ3v) is 3.63. The summed E-state index contributed by atoms with van der Waals surface area (Å²) in [6.45, 7) is 2.69. The molecule has 4 heteroatoms. The first-order valence-corrected chi connectivity index (χ1v) is 8.26. The highest BCUT2D eigenvalue weighted by molar-refractivity contribution is 6.63. The molecule has 0 amide bonds. The van der Waals surface area contributed by atoms with Gasteiger partial charge in [-0.25, -0.2) is 0 Å². The molecule has 3 nitrogen and oxygen atoms in total. The molecule has 0 rings (SSSR count). The second-order valence-electron chi connectivity index (χ2n) is 4.19. The summed E-state index contributed by atoms with van der Waals surface area (Å²) in [5.74, 6) is 0. The van der Waals surface area contributed by atoms with Gasteiger partial charge in [-0.2, -0.15) is 0 Å². The Balaban J connectivity index is 2.99. The van der Waals surface area contributed by atoms with E-state index in [2.05, 4.69) is 5.32 Å². The molecule has 0 aromatic rings. The Morgan fingerprint density at radius 2 is 1.43 bits per heavy atom. The maximum atomic E-state index is 9.18. The lowest BCUT2D eigenvalue weighted by atomic mass is 10.1. The van der Waals surface area contributed by atoms with Gasteiger partial charge in [0.15, 0.2) is 0 Å². The van der Waals surface area contributed by atoms with E-state index in [0.29, 0.717) is 6.04 Å². The van der Waals surface area contributed by atoms with E-state index in [-0.39, 0.29) is 0 Å². The van der Waals surface area contributed by atoms with Crippen LogP contribution in [0.4, 0.5) is 0 Å². The van der Waals surface area contributed by atoms with Crippen LogP contribution in [0.1, 0.15) is 38.5 Å². The summed E-state index contributed by atoms with van der Waals surface area (Å²) in [5, 5.41) is 3.13. The highest BCUT2D eigenvalue weighted by atomic mass is 28.4. The van der Waals surface area contributed by atoms with Gasteiger partial charge in [-0.3, -0.25) is 0 Å². The van der Waals surface area contributed by atoms with Gasteiger partial charge in [0, 0.05) is 0 Å². The molecule has 0 spiro atoms. The first-order chi connectivity index (χ1) is 6.56. The number of unbranched alkanes of at least 4 members (excludes halogenated alkanes) is 5. The van der Waals surface area contributed by atoms with E-state index >= 15 is 0 Å². The van der Waals surface area contributed by atoms with Crippen LogP contribution in [0, 0.1) is 0 Å². The van der Waals surface area contributed by atoms with Crippen molar-refractivity contribution in [3.8, 4) is 0 Å². The first-order valence-electron chi connectivity index (χ1n) is 5.65. The summed E-state index contributed by atoms with van der Waals surface area (Å²) in [6.07, 6.45) is 7.16. The Bertz CT molecular complexity index is 126. The van der Waals surface area contributed by atoms with E-state index in [1.54, 1.807) is 6.55 Å². The zero-order chi connectivity index (χ0) is 10.9. The van der Waals surface area contributed by atoms with Crippen molar-refractivity contribution in [1.82, 2.24) is 5.32 Å². The van der Waals surface area contributed by atoms with Gasteiger partial charge in [0.2, 0.25) is 0 Å². The van der Waals surface area contributed by atoms with Crippen molar-refractivity contribution in [2.75, 3.05) is 13.6 Å². The van der Waals surface area contributed by atoms with Gasteiger partial charge in [-0.15, -0.1) is 0 Å². The summed E-state index contributed by atoms with van der Waals surface area (Å²) < 4.78 is 0. The zero-order valence-corrected chi connectivity index (χ0v) is 10.6. The van der Waals surface area contributed by atoms with Gasteiger partial charge < -0.3 is 14.9 Å². The molecule has 3 N–H and O–H groups in total. The summed E-state index contributed by atoms with van der Waals surface area (Å²) in [7, 11) is -0.768. The molecule has 0 bridgehead atoms. The van der Waals surface area contributed by atoms with Crippen molar-refractivity contribution in [3.63, 3.8) is 0 Å². The van der Waals surface area contributed by atoms with Crippen molar-refractivity contribution in [2.45, 2.75) is 51.1 Å². The lowest BCUT2D eigenvalue weighted by molar-refractivity contribution is 0.366. The highest BCUT2D eigenvalue weighted by Gasteiger charge is 2.19. The van der Waals surface area contributed by atoms with Crippen molar-refractivity contribution in [3.05, 3.63) is 0 Å². The molecule has 0 unspecified atom stereocenters. The minimum Gasteiger partial charge on any atom is -0.411 e. The molecule has 0 aliphatic rings. The molecule has 0 fully saturated rings.